The van der Waals surface area contributed by atoms with Gasteiger partial charge in [0.25, 0.3) is 17.7 Å². The summed E-state index contributed by atoms with van der Waals surface area (Å²) in [5.74, 6) is -3.09. The van der Waals surface area contributed by atoms with Gasteiger partial charge in [0.2, 0.25) is 5.75 Å². The van der Waals surface area contributed by atoms with Gasteiger partial charge in [0, 0.05) is 36.6 Å². The maximum atomic E-state index is 12.4. The van der Waals surface area contributed by atoms with Gasteiger partial charge < -0.3 is 29.5 Å². The Morgan fingerprint density at radius 2 is 1.68 bits per heavy atom. The number of hydroxylamine groups is 2. The molecule has 0 spiro atoms. The number of ether oxygens (including phenoxy) is 1. The van der Waals surface area contributed by atoms with Crippen LogP contribution in [0.3, 0.4) is 0 Å². The second-order valence-corrected chi connectivity index (χ2v) is 8.03. The quantitative estimate of drug-likeness (QED) is 0.218. The monoisotopic (exact) mass is 510 g/mol. The van der Waals surface area contributed by atoms with Crippen molar-refractivity contribution >= 4 is 34.7 Å². The van der Waals surface area contributed by atoms with Gasteiger partial charge in [0.1, 0.15) is 5.76 Å². The summed E-state index contributed by atoms with van der Waals surface area (Å²) in [7, 11) is 0. The third kappa shape index (κ3) is 5.76. The molecule has 2 heterocycles. The molecular weight excluding hydrogens is 488 g/mol. The average molecular weight is 510 g/mol. The van der Waals surface area contributed by atoms with Crippen molar-refractivity contribution in [2.75, 3.05) is 19.8 Å². The normalized spacial score (nSPS) is 13.2. The van der Waals surface area contributed by atoms with Gasteiger partial charge in [-0.2, -0.15) is 0 Å². The third-order valence-electron chi connectivity index (χ3n) is 5.46. The van der Waals surface area contributed by atoms with Gasteiger partial charge in [-0.3, -0.25) is 19.2 Å². The Hall–Kier alpha value is -4.71. The van der Waals surface area contributed by atoms with E-state index in [0.29, 0.717) is 16.2 Å². The predicted molar refractivity (Wildman–Crippen MR) is 126 cm³/mol. The number of phenolic OH excluding ortho intramolecular Hbond substituents is 2. The molecule has 4 rings (SSSR count). The van der Waals surface area contributed by atoms with Crippen LogP contribution in [0.5, 0.6) is 11.5 Å². The summed E-state index contributed by atoms with van der Waals surface area (Å²) < 4.78 is 10.9. The molecule has 0 atom stereocenters. The number of amides is 3. The van der Waals surface area contributed by atoms with E-state index in [4.69, 9.17) is 14.0 Å². The molecule has 12 heteroatoms. The standard InChI is InChI=1S/C25H22N2O10/c28-17-6-5-16-18(29)13-19(36-24(16)23(17)33)14-1-3-15(4-2-14)25(34)26-10-12-35-11-9-22(32)37-27-20(30)7-8-21(27)31/h1-6,13,28,33H,7-12H2,(H,26,34). The number of carbonyl (C=O) groups excluding carboxylic acids is 4. The zero-order valence-corrected chi connectivity index (χ0v) is 19.4. The van der Waals surface area contributed by atoms with E-state index in [2.05, 4.69) is 5.32 Å². The Bertz CT molecular complexity index is 1410. The van der Waals surface area contributed by atoms with E-state index in [1.54, 1.807) is 12.1 Å². The van der Waals surface area contributed by atoms with Crippen LogP contribution in [0.1, 0.15) is 29.6 Å². The first-order chi connectivity index (χ1) is 17.7. The first-order valence-corrected chi connectivity index (χ1v) is 11.3. The van der Waals surface area contributed by atoms with Crippen molar-refractivity contribution in [2.24, 2.45) is 0 Å². The van der Waals surface area contributed by atoms with E-state index >= 15 is 0 Å². The van der Waals surface area contributed by atoms with Gasteiger partial charge in [-0.15, -0.1) is 5.06 Å². The highest BCUT2D eigenvalue weighted by Gasteiger charge is 2.32. The highest BCUT2D eigenvalue weighted by molar-refractivity contribution is 6.01. The minimum absolute atomic E-state index is 0.0147. The first kappa shape index (κ1) is 25.4. The van der Waals surface area contributed by atoms with Gasteiger partial charge in [0.05, 0.1) is 25.0 Å². The van der Waals surface area contributed by atoms with E-state index in [-0.39, 0.29) is 61.7 Å². The summed E-state index contributed by atoms with van der Waals surface area (Å²) in [6.45, 7) is 0.238. The number of nitrogens with one attached hydrogen (secondary N) is 1. The molecule has 1 fully saturated rings. The summed E-state index contributed by atoms with van der Waals surface area (Å²) in [6, 6.07) is 9.98. The minimum atomic E-state index is -0.776. The van der Waals surface area contributed by atoms with Gasteiger partial charge in [-0.05, 0) is 24.3 Å². The number of phenols is 2. The van der Waals surface area contributed by atoms with Crippen molar-refractivity contribution in [1.29, 1.82) is 0 Å². The lowest BCUT2D eigenvalue weighted by atomic mass is 10.1. The molecule has 3 aromatic rings. The van der Waals surface area contributed by atoms with Crippen molar-refractivity contribution in [2.45, 2.75) is 19.3 Å². The minimum Gasteiger partial charge on any atom is -0.504 e. The van der Waals surface area contributed by atoms with Crippen molar-refractivity contribution < 1.29 is 43.4 Å². The fraction of sp³-hybridized carbons (Fsp3) is 0.240. The molecule has 1 saturated heterocycles. The SMILES string of the molecule is O=C(CCOCCNC(=O)c1ccc(-c2cc(=O)c3ccc(O)c(O)c3o2)cc1)ON1C(=O)CCC1=O. The zero-order chi connectivity index (χ0) is 26.5. The molecule has 0 bridgehead atoms. The van der Waals surface area contributed by atoms with Crippen LogP contribution in [0, 0.1) is 0 Å². The number of hydrogen-bond donors (Lipinski definition) is 3. The van der Waals surface area contributed by atoms with Crippen LogP contribution >= 0.6 is 0 Å². The van der Waals surface area contributed by atoms with Crippen LogP contribution < -0.4 is 10.7 Å². The van der Waals surface area contributed by atoms with Crippen molar-refractivity contribution in [3.8, 4) is 22.8 Å². The van der Waals surface area contributed by atoms with Crippen molar-refractivity contribution in [3.63, 3.8) is 0 Å². The third-order valence-corrected chi connectivity index (χ3v) is 5.46. The smallest absolute Gasteiger partial charge is 0.335 e. The number of aromatic hydroxyl groups is 2. The first-order valence-electron chi connectivity index (χ1n) is 11.3. The van der Waals surface area contributed by atoms with Crippen LogP contribution in [-0.4, -0.2) is 58.7 Å². The van der Waals surface area contributed by atoms with Gasteiger partial charge >= 0.3 is 5.97 Å². The Labute approximate surface area is 209 Å². The fourth-order valence-corrected chi connectivity index (χ4v) is 3.52. The molecule has 0 radical (unpaired) electrons. The highest BCUT2D eigenvalue weighted by atomic mass is 16.7. The van der Waals surface area contributed by atoms with E-state index in [1.807, 2.05) is 0 Å². The fourth-order valence-electron chi connectivity index (χ4n) is 3.52. The number of carbonyl (C=O) groups is 4. The molecule has 2 aromatic carbocycles. The predicted octanol–water partition coefficient (Wildman–Crippen LogP) is 1.61. The lowest BCUT2D eigenvalue weighted by Crippen LogP contribution is -2.32. The Kier molecular flexibility index (Phi) is 7.49. The van der Waals surface area contributed by atoms with E-state index in [9.17, 15) is 34.2 Å². The van der Waals surface area contributed by atoms with Gasteiger partial charge in [-0.25, -0.2) is 4.79 Å². The maximum absolute atomic E-state index is 12.4. The van der Waals surface area contributed by atoms with Crippen LogP contribution in [0.15, 0.2) is 51.7 Å². The Morgan fingerprint density at radius 3 is 2.38 bits per heavy atom. The van der Waals surface area contributed by atoms with Crippen LogP contribution in [0.25, 0.3) is 22.3 Å². The molecule has 1 aliphatic rings. The van der Waals surface area contributed by atoms with Crippen molar-refractivity contribution in [3.05, 3.63) is 58.3 Å². The van der Waals surface area contributed by atoms with Crippen LogP contribution in [-0.2, 0) is 24.0 Å². The average Bonchev–Trinajstić information content (AvgIpc) is 3.20. The summed E-state index contributed by atoms with van der Waals surface area (Å²) in [6.07, 6.45) is -0.142. The largest absolute Gasteiger partial charge is 0.504 e. The summed E-state index contributed by atoms with van der Waals surface area (Å²) in [5, 5.41) is 22.9. The molecule has 1 aromatic heterocycles. The van der Waals surface area contributed by atoms with Crippen molar-refractivity contribution in [1.82, 2.24) is 10.4 Å². The lowest BCUT2D eigenvalue weighted by molar-refractivity contribution is -0.198. The second kappa shape index (κ2) is 10.9. The van der Waals surface area contributed by atoms with Crippen LogP contribution in [0.4, 0.5) is 0 Å². The summed E-state index contributed by atoms with van der Waals surface area (Å²) >= 11 is 0. The number of nitrogens with zero attached hydrogens (tertiary/aromatic N) is 1. The van der Waals surface area contributed by atoms with E-state index < -0.39 is 34.7 Å². The number of rotatable bonds is 9. The number of imide groups is 1. The number of fused-ring (bicyclic) bond motifs is 1. The summed E-state index contributed by atoms with van der Waals surface area (Å²) in [5.41, 5.74) is 0.261. The maximum Gasteiger partial charge on any atom is 0.335 e. The van der Waals surface area contributed by atoms with Gasteiger partial charge in [-0.1, -0.05) is 12.1 Å². The highest BCUT2D eigenvalue weighted by Crippen LogP contribution is 2.34. The molecule has 0 aliphatic carbocycles. The molecule has 12 nitrogen and oxygen atoms in total. The van der Waals surface area contributed by atoms with Gasteiger partial charge in [0.15, 0.2) is 16.8 Å². The lowest BCUT2D eigenvalue weighted by Gasteiger charge is -2.12. The zero-order valence-electron chi connectivity index (χ0n) is 19.4. The van der Waals surface area contributed by atoms with Crippen LogP contribution in [0.2, 0.25) is 0 Å². The van der Waals surface area contributed by atoms with E-state index in [0.717, 1.165) is 0 Å². The topological polar surface area (TPSA) is 173 Å². The molecule has 3 amide bonds. The Morgan fingerprint density at radius 1 is 0.973 bits per heavy atom. The molecule has 3 N–H and O–H groups in total. The molecule has 0 saturated carbocycles. The number of hydrogen-bond acceptors (Lipinski definition) is 10. The molecule has 0 unspecified atom stereocenters. The number of benzene rings is 2. The molecule has 37 heavy (non-hydrogen) atoms. The molecule has 1 aliphatic heterocycles. The molecular formula is C25H22N2O10. The summed E-state index contributed by atoms with van der Waals surface area (Å²) in [4.78, 5) is 64.0. The Balaban J connectivity index is 1.24. The second-order valence-electron chi connectivity index (χ2n) is 8.03. The van der Waals surface area contributed by atoms with E-state index in [1.165, 1.54) is 30.3 Å². The molecule has 192 valence electrons.